The summed E-state index contributed by atoms with van der Waals surface area (Å²) in [5, 5.41) is 7.90. The summed E-state index contributed by atoms with van der Waals surface area (Å²) in [7, 11) is 0. The van der Waals surface area contributed by atoms with Crippen LogP contribution in [0.1, 0.15) is 29.6 Å². The number of benzene rings is 2. The summed E-state index contributed by atoms with van der Waals surface area (Å²) in [4.78, 5) is 4.22. The number of nitrogen functional groups attached to an aromatic ring is 1. The monoisotopic (exact) mass is 343 g/mol. The van der Waals surface area contributed by atoms with E-state index < -0.39 is 0 Å². The zero-order chi connectivity index (χ0) is 16.7. The standard InChI is InChI=1S/C17H15ClFN5/c18-11-7-4-8-12(19)15(11)14-9-13(10-5-2-1-3-6-10)21-17-22-16(20)23-24(14)17/h1-8,13-14H,9H2,(H3,20,21,22,23)/t13-,14-/m0/s1. The molecule has 1 aliphatic heterocycles. The molecule has 7 heteroatoms. The van der Waals surface area contributed by atoms with E-state index in [9.17, 15) is 4.39 Å². The van der Waals surface area contributed by atoms with E-state index in [2.05, 4.69) is 15.4 Å². The third-order valence-electron chi connectivity index (χ3n) is 4.24. The van der Waals surface area contributed by atoms with Crippen LogP contribution in [-0.2, 0) is 0 Å². The van der Waals surface area contributed by atoms with E-state index in [1.165, 1.54) is 6.07 Å². The molecule has 2 atom stereocenters. The molecule has 4 rings (SSSR count). The van der Waals surface area contributed by atoms with Gasteiger partial charge in [-0.25, -0.2) is 9.07 Å². The summed E-state index contributed by atoms with van der Waals surface area (Å²) >= 11 is 6.28. The zero-order valence-electron chi connectivity index (χ0n) is 12.7. The second-order valence-corrected chi connectivity index (χ2v) is 6.14. The van der Waals surface area contributed by atoms with Crippen molar-refractivity contribution in [1.29, 1.82) is 0 Å². The van der Waals surface area contributed by atoms with Gasteiger partial charge in [-0.15, -0.1) is 5.10 Å². The first kappa shape index (κ1) is 15.0. The number of anilines is 2. The predicted octanol–water partition coefficient (Wildman–Crippen LogP) is 3.80. The van der Waals surface area contributed by atoms with Gasteiger partial charge in [0.25, 0.3) is 0 Å². The minimum absolute atomic E-state index is 0.0389. The van der Waals surface area contributed by atoms with E-state index in [4.69, 9.17) is 17.3 Å². The van der Waals surface area contributed by atoms with E-state index in [0.29, 0.717) is 23.0 Å². The van der Waals surface area contributed by atoms with Crippen LogP contribution in [0.2, 0.25) is 5.02 Å². The highest BCUT2D eigenvalue weighted by Gasteiger charge is 2.33. The van der Waals surface area contributed by atoms with Gasteiger partial charge in [0.15, 0.2) is 0 Å². The Hall–Kier alpha value is -2.60. The highest BCUT2D eigenvalue weighted by Crippen LogP contribution is 2.40. The van der Waals surface area contributed by atoms with E-state index >= 15 is 0 Å². The number of fused-ring (bicyclic) bond motifs is 1. The van der Waals surface area contributed by atoms with Crippen molar-refractivity contribution in [1.82, 2.24) is 14.8 Å². The number of halogens is 2. The van der Waals surface area contributed by atoms with Crippen LogP contribution in [-0.4, -0.2) is 14.8 Å². The number of rotatable bonds is 2. The van der Waals surface area contributed by atoms with Gasteiger partial charge < -0.3 is 11.1 Å². The molecule has 0 spiro atoms. The molecule has 0 bridgehead atoms. The molecule has 3 N–H and O–H groups in total. The van der Waals surface area contributed by atoms with Crippen LogP contribution in [0.5, 0.6) is 0 Å². The Balaban J connectivity index is 1.83. The molecule has 5 nitrogen and oxygen atoms in total. The molecule has 0 unspecified atom stereocenters. The quantitative estimate of drug-likeness (QED) is 0.742. The number of nitrogens with two attached hydrogens (primary N) is 1. The summed E-state index contributed by atoms with van der Waals surface area (Å²) in [6.07, 6.45) is 0.584. The van der Waals surface area contributed by atoms with E-state index in [1.807, 2.05) is 30.3 Å². The number of nitrogens with zero attached hydrogens (tertiary/aromatic N) is 3. The number of hydrogen-bond acceptors (Lipinski definition) is 4. The first-order valence-corrected chi connectivity index (χ1v) is 7.98. The van der Waals surface area contributed by atoms with Gasteiger partial charge in [-0.05, 0) is 24.1 Å². The molecule has 1 aliphatic rings. The topological polar surface area (TPSA) is 68.8 Å². The van der Waals surface area contributed by atoms with Crippen molar-refractivity contribution in [3.05, 3.63) is 70.5 Å². The SMILES string of the molecule is Nc1nc2n(n1)[C@H](c1c(F)cccc1Cl)C[C@@H](c1ccccc1)N2. The maximum absolute atomic E-state index is 14.5. The van der Waals surface area contributed by atoms with Crippen molar-refractivity contribution >= 4 is 23.5 Å². The van der Waals surface area contributed by atoms with Crippen LogP contribution in [0.15, 0.2) is 48.5 Å². The van der Waals surface area contributed by atoms with Gasteiger partial charge >= 0.3 is 0 Å². The lowest BCUT2D eigenvalue weighted by Crippen LogP contribution is -2.28. The lowest BCUT2D eigenvalue weighted by molar-refractivity contribution is 0.416. The highest BCUT2D eigenvalue weighted by molar-refractivity contribution is 6.31. The van der Waals surface area contributed by atoms with Crippen LogP contribution in [0, 0.1) is 5.82 Å². The van der Waals surface area contributed by atoms with Crippen molar-refractivity contribution in [3.63, 3.8) is 0 Å². The van der Waals surface area contributed by atoms with E-state index in [1.54, 1.807) is 16.8 Å². The Bertz CT molecular complexity index is 860. The zero-order valence-corrected chi connectivity index (χ0v) is 13.4. The lowest BCUT2D eigenvalue weighted by Gasteiger charge is -2.32. The molecule has 3 aromatic rings. The summed E-state index contributed by atoms with van der Waals surface area (Å²) in [5.74, 6) is 0.293. The Kier molecular flexibility index (Phi) is 3.61. The summed E-state index contributed by atoms with van der Waals surface area (Å²) in [5.41, 5.74) is 7.24. The highest BCUT2D eigenvalue weighted by atomic mass is 35.5. The van der Waals surface area contributed by atoms with Crippen LogP contribution < -0.4 is 11.1 Å². The van der Waals surface area contributed by atoms with Gasteiger partial charge in [0.2, 0.25) is 11.9 Å². The fraction of sp³-hybridized carbons (Fsp3) is 0.176. The third kappa shape index (κ3) is 2.49. The van der Waals surface area contributed by atoms with Gasteiger partial charge in [0.1, 0.15) is 5.82 Å². The molecule has 0 amide bonds. The van der Waals surface area contributed by atoms with Gasteiger partial charge in [-0.1, -0.05) is 48.0 Å². The van der Waals surface area contributed by atoms with Crippen molar-refractivity contribution in [2.75, 3.05) is 11.1 Å². The molecule has 0 radical (unpaired) electrons. The Morgan fingerprint density at radius 3 is 2.71 bits per heavy atom. The molecule has 0 aliphatic carbocycles. The average Bonchev–Trinajstić information content (AvgIpc) is 2.95. The molecule has 2 aromatic carbocycles. The normalized spacial score (nSPS) is 19.6. The number of nitrogens with one attached hydrogen (secondary N) is 1. The predicted molar refractivity (Wildman–Crippen MR) is 91.4 cm³/mol. The van der Waals surface area contributed by atoms with Crippen LogP contribution >= 0.6 is 11.6 Å². The second-order valence-electron chi connectivity index (χ2n) is 5.73. The van der Waals surface area contributed by atoms with Gasteiger partial charge in [-0.3, -0.25) is 0 Å². The Labute approximate surface area is 143 Å². The molecule has 24 heavy (non-hydrogen) atoms. The van der Waals surface area contributed by atoms with E-state index in [0.717, 1.165) is 5.56 Å². The van der Waals surface area contributed by atoms with Crippen molar-refractivity contribution in [3.8, 4) is 0 Å². The van der Waals surface area contributed by atoms with Crippen molar-refractivity contribution < 1.29 is 4.39 Å². The number of aromatic nitrogens is 3. The molecular formula is C17H15ClFN5. The first-order valence-electron chi connectivity index (χ1n) is 7.61. The molecule has 1 aromatic heterocycles. The van der Waals surface area contributed by atoms with Gasteiger partial charge in [0, 0.05) is 10.6 Å². The summed E-state index contributed by atoms with van der Waals surface area (Å²) in [6.45, 7) is 0. The molecule has 0 saturated carbocycles. The Morgan fingerprint density at radius 1 is 1.17 bits per heavy atom. The maximum atomic E-state index is 14.5. The van der Waals surface area contributed by atoms with Crippen LogP contribution in [0.3, 0.4) is 0 Å². The largest absolute Gasteiger partial charge is 0.366 e. The summed E-state index contributed by atoms with van der Waals surface area (Å²) < 4.78 is 16.1. The van der Waals surface area contributed by atoms with Crippen LogP contribution in [0.4, 0.5) is 16.3 Å². The van der Waals surface area contributed by atoms with E-state index in [-0.39, 0.29) is 23.8 Å². The molecule has 122 valence electrons. The lowest BCUT2D eigenvalue weighted by atomic mass is 9.93. The van der Waals surface area contributed by atoms with Crippen LogP contribution in [0.25, 0.3) is 0 Å². The molecule has 0 saturated heterocycles. The third-order valence-corrected chi connectivity index (χ3v) is 4.57. The second kappa shape index (κ2) is 5.79. The van der Waals surface area contributed by atoms with Crippen molar-refractivity contribution in [2.45, 2.75) is 18.5 Å². The van der Waals surface area contributed by atoms with Gasteiger partial charge in [0.05, 0.1) is 12.1 Å². The Morgan fingerprint density at radius 2 is 1.96 bits per heavy atom. The fourth-order valence-corrected chi connectivity index (χ4v) is 3.46. The number of hydrogen-bond donors (Lipinski definition) is 2. The van der Waals surface area contributed by atoms with Gasteiger partial charge in [-0.2, -0.15) is 4.98 Å². The minimum atomic E-state index is -0.384. The fourth-order valence-electron chi connectivity index (χ4n) is 3.17. The molecule has 0 fully saturated rings. The van der Waals surface area contributed by atoms with Crippen molar-refractivity contribution in [2.24, 2.45) is 0 Å². The molecule has 2 heterocycles. The first-order chi connectivity index (χ1) is 11.6. The minimum Gasteiger partial charge on any atom is -0.366 e. The molecular weight excluding hydrogens is 329 g/mol. The average molecular weight is 344 g/mol. The summed E-state index contributed by atoms with van der Waals surface area (Å²) in [6, 6.07) is 14.2. The maximum Gasteiger partial charge on any atom is 0.241 e. The smallest absolute Gasteiger partial charge is 0.241 e.